The average molecular weight is 122 g/mol. The van der Waals surface area contributed by atoms with E-state index >= 15 is 0 Å². The molecule has 1 rings (SSSR count). The van der Waals surface area contributed by atoms with Gasteiger partial charge in [0.15, 0.2) is 0 Å². The molecular weight excluding hydrogens is 108 g/mol. The summed E-state index contributed by atoms with van der Waals surface area (Å²) in [4.78, 5) is 0. The molecule has 0 nitrogen and oxygen atoms in total. The summed E-state index contributed by atoms with van der Waals surface area (Å²) in [5.41, 5.74) is 1.50. The molecule has 0 heterocycles. The molecule has 0 heteroatoms. The zero-order valence-corrected chi connectivity index (χ0v) is 6.22. The first-order chi connectivity index (χ1) is 4.30. The van der Waals surface area contributed by atoms with Crippen LogP contribution in [0.5, 0.6) is 0 Å². The Morgan fingerprint density at radius 3 is 2.44 bits per heavy atom. The van der Waals surface area contributed by atoms with E-state index in [1.54, 1.807) is 0 Å². The largest absolute Gasteiger partial charge is 0.0840 e. The molecule has 0 aliphatic heterocycles. The van der Waals surface area contributed by atoms with Crippen molar-refractivity contribution in [3.05, 3.63) is 23.8 Å². The maximum atomic E-state index is 2.34. The number of allylic oxidation sites excluding steroid dienone is 4. The van der Waals surface area contributed by atoms with Gasteiger partial charge in [0.1, 0.15) is 0 Å². The molecule has 0 atom stereocenters. The van der Waals surface area contributed by atoms with Crippen molar-refractivity contribution in [2.75, 3.05) is 0 Å². The highest BCUT2D eigenvalue weighted by molar-refractivity contribution is 5.23. The van der Waals surface area contributed by atoms with Crippen LogP contribution in [0.25, 0.3) is 0 Å². The van der Waals surface area contributed by atoms with Crippen LogP contribution in [-0.4, -0.2) is 0 Å². The summed E-state index contributed by atoms with van der Waals surface area (Å²) in [6.07, 6.45) is 9.31. The number of rotatable bonds is 1. The van der Waals surface area contributed by atoms with Crippen LogP contribution in [0.4, 0.5) is 0 Å². The van der Waals surface area contributed by atoms with E-state index in [4.69, 9.17) is 0 Å². The Kier molecular flexibility index (Phi) is 2.10. The minimum atomic E-state index is 0.710. The Morgan fingerprint density at radius 2 is 2.11 bits per heavy atom. The summed E-state index contributed by atoms with van der Waals surface area (Å²) < 4.78 is 0. The van der Waals surface area contributed by atoms with Crippen LogP contribution in [0, 0.1) is 5.92 Å². The third-order valence-corrected chi connectivity index (χ3v) is 1.69. The van der Waals surface area contributed by atoms with Gasteiger partial charge in [0.2, 0.25) is 0 Å². The lowest BCUT2D eigenvalue weighted by molar-refractivity contribution is 0.773. The second-order valence-electron chi connectivity index (χ2n) is 2.84. The Morgan fingerprint density at radius 1 is 1.33 bits per heavy atom. The molecule has 0 N–H and O–H groups in total. The van der Waals surface area contributed by atoms with Crippen molar-refractivity contribution >= 4 is 0 Å². The van der Waals surface area contributed by atoms with E-state index < -0.39 is 0 Å². The molecule has 0 spiro atoms. The molecule has 0 aromatic carbocycles. The Hall–Kier alpha value is -0.520. The van der Waals surface area contributed by atoms with Crippen LogP contribution in [0.15, 0.2) is 23.8 Å². The number of hydrogen-bond donors (Lipinski definition) is 0. The van der Waals surface area contributed by atoms with Crippen LogP contribution in [0.1, 0.15) is 26.7 Å². The lowest BCUT2D eigenvalue weighted by atomic mass is 9.97. The topological polar surface area (TPSA) is 0 Å². The van der Waals surface area contributed by atoms with Crippen molar-refractivity contribution in [2.24, 2.45) is 5.92 Å². The lowest BCUT2D eigenvalue weighted by Crippen LogP contribution is -1.92. The maximum Gasteiger partial charge on any atom is -0.0222 e. The zero-order chi connectivity index (χ0) is 6.69. The van der Waals surface area contributed by atoms with E-state index in [1.165, 1.54) is 18.4 Å². The summed E-state index contributed by atoms with van der Waals surface area (Å²) in [5.74, 6) is 0.710. The molecule has 0 bridgehead atoms. The van der Waals surface area contributed by atoms with Crippen molar-refractivity contribution in [1.29, 1.82) is 0 Å². The van der Waals surface area contributed by atoms with Gasteiger partial charge in [-0.25, -0.2) is 0 Å². The van der Waals surface area contributed by atoms with Crippen molar-refractivity contribution < 1.29 is 0 Å². The fourth-order valence-electron chi connectivity index (χ4n) is 1.06. The van der Waals surface area contributed by atoms with Gasteiger partial charge in [-0.2, -0.15) is 0 Å². The van der Waals surface area contributed by atoms with Crippen molar-refractivity contribution in [3.63, 3.8) is 0 Å². The fourth-order valence-corrected chi connectivity index (χ4v) is 1.06. The van der Waals surface area contributed by atoms with E-state index in [0.717, 1.165) is 0 Å². The molecule has 50 valence electrons. The minimum Gasteiger partial charge on any atom is -0.0840 e. The standard InChI is InChI=1S/C9H14/c1-8(2)9-6-4-3-5-7-9/h4,6-8H,3,5H2,1-2H3. The first-order valence-electron chi connectivity index (χ1n) is 3.67. The predicted molar refractivity (Wildman–Crippen MR) is 41.3 cm³/mol. The first kappa shape index (κ1) is 6.60. The van der Waals surface area contributed by atoms with Gasteiger partial charge in [-0.15, -0.1) is 0 Å². The van der Waals surface area contributed by atoms with Gasteiger partial charge < -0.3 is 0 Å². The van der Waals surface area contributed by atoms with Gasteiger partial charge in [-0.3, -0.25) is 0 Å². The van der Waals surface area contributed by atoms with Crippen LogP contribution >= 0.6 is 0 Å². The van der Waals surface area contributed by atoms with Gasteiger partial charge >= 0.3 is 0 Å². The molecule has 0 fully saturated rings. The van der Waals surface area contributed by atoms with Gasteiger partial charge in [-0.05, 0) is 24.3 Å². The van der Waals surface area contributed by atoms with E-state index in [1.807, 2.05) is 0 Å². The second-order valence-corrected chi connectivity index (χ2v) is 2.84. The molecule has 0 aromatic rings. The molecule has 0 saturated heterocycles. The van der Waals surface area contributed by atoms with Crippen molar-refractivity contribution in [2.45, 2.75) is 26.7 Å². The lowest BCUT2D eigenvalue weighted by Gasteiger charge is -2.08. The summed E-state index contributed by atoms with van der Waals surface area (Å²) in [7, 11) is 0. The first-order valence-corrected chi connectivity index (χ1v) is 3.67. The second kappa shape index (κ2) is 2.86. The van der Waals surface area contributed by atoms with Gasteiger partial charge in [0.25, 0.3) is 0 Å². The molecule has 9 heavy (non-hydrogen) atoms. The summed E-state index contributed by atoms with van der Waals surface area (Å²) >= 11 is 0. The normalized spacial score (nSPS) is 18.3. The fraction of sp³-hybridized carbons (Fsp3) is 0.556. The van der Waals surface area contributed by atoms with E-state index in [0.29, 0.717) is 5.92 Å². The average Bonchev–Trinajstić information content (AvgIpc) is 1.90. The van der Waals surface area contributed by atoms with Crippen LogP contribution in [0.3, 0.4) is 0 Å². The predicted octanol–water partition coefficient (Wildman–Crippen LogP) is 2.92. The molecule has 0 aromatic heterocycles. The number of hydrogen-bond acceptors (Lipinski definition) is 0. The quantitative estimate of drug-likeness (QED) is 0.501. The van der Waals surface area contributed by atoms with Crippen LogP contribution < -0.4 is 0 Å². The smallest absolute Gasteiger partial charge is 0.0222 e. The van der Waals surface area contributed by atoms with E-state index in [-0.39, 0.29) is 0 Å². The van der Waals surface area contributed by atoms with Gasteiger partial charge in [-0.1, -0.05) is 32.1 Å². The van der Waals surface area contributed by atoms with Crippen LogP contribution in [0.2, 0.25) is 0 Å². The molecule has 1 aliphatic rings. The molecule has 0 radical (unpaired) electrons. The summed E-state index contributed by atoms with van der Waals surface area (Å²) in [6.45, 7) is 4.48. The monoisotopic (exact) mass is 122 g/mol. The van der Waals surface area contributed by atoms with Crippen molar-refractivity contribution in [3.8, 4) is 0 Å². The molecule has 0 saturated carbocycles. The Labute approximate surface area is 57.3 Å². The third-order valence-electron chi connectivity index (χ3n) is 1.69. The van der Waals surface area contributed by atoms with E-state index in [9.17, 15) is 0 Å². The highest BCUT2D eigenvalue weighted by Crippen LogP contribution is 2.16. The van der Waals surface area contributed by atoms with Gasteiger partial charge in [0, 0.05) is 0 Å². The highest BCUT2D eigenvalue weighted by atomic mass is 14.1. The molecule has 0 unspecified atom stereocenters. The maximum absolute atomic E-state index is 2.34. The minimum absolute atomic E-state index is 0.710. The Balaban J connectivity index is 2.58. The molecular formula is C9H14. The van der Waals surface area contributed by atoms with Crippen molar-refractivity contribution in [1.82, 2.24) is 0 Å². The molecule has 1 aliphatic carbocycles. The SMILES string of the molecule is CC(C)C1=CCCC=C1. The zero-order valence-electron chi connectivity index (χ0n) is 6.22. The third kappa shape index (κ3) is 1.70. The van der Waals surface area contributed by atoms with Gasteiger partial charge in [0.05, 0.1) is 0 Å². The summed E-state index contributed by atoms with van der Waals surface area (Å²) in [5, 5.41) is 0. The summed E-state index contributed by atoms with van der Waals surface area (Å²) in [6, 6.07) is 0. The Bertz CT molecular complexity index is 138. The van der Waals surface area contributed by atoms with E-state index in [2.05, 4.69) is 32.1 Å². The van der Waals surface area contributed by atoms with Crippen LogP contribution in [-0.2, 0) is 0 Å². The highest BCUT2D eigenvalue weighted by Gasteiger charge is 1.99. The molecule has 0 amide bonds.